The normalized spacial score (nSPS) is 14.7. The SMILES string of the molecule is CCCCC/C=C\C/C=C\CC(O)/C=C\C=C\CCCC(=O)O[C@H](COC(=O)CCCCCCC/C=C\CCCCCCCC)COP(=O)([O-])OCC[N+](C)(C)C. The van der Waals surface area contributed by atoms with E-state index in [1.54, 1.807) is 12.2 Å². The number of esters is 2. The number of phosphoric ester groups is 1. The molecule has 10 nitrogen and oxygen atoms in total. The van der Waals surface area contributed by atoms with Crippen molar-refractivity contribution in [3.8, 4) is 0 Å². The monoisotopic (exact) mass is 824 g/mol. The van der Waals surface area contributed by atoms with Crippen LogP contribution < -0.4 is 4.89 Å². The van der Waals surface area contributed by atoms with Crippen LogP contribution in [0.5, 0.6) is 0 Å². The summed E-state index contributed by atoms with van der Waals surface area (Å²) in [5, 5.41) is 10.2. The molecule has 0 aromatic rings. The Bertz CT molecular complexity index is 1170. The highest BCUT2D eigenvalue weighted by atomic mass is 31.2. The number of aliphatic hydroxyl groups excluding tert-OH is 1. The Hall–Kier alpha value is -2.33. The van der Waals surface area contributed by atoms with E-state index in [4.69, 9.17) is 18.5 Å². The lowest BCUT2D eigenvalue weighted by atomic mass is 10.1. The Balaban J connectivity index is 4.57. The van der Waals surface area contributed by atoms with Crippen molar-refractivity contribution >= 4 is 19.8 Å². The molecule has 0 saturated heterocycles. The molecular formula is C46H82NO9P. The van der Waals surface area contributed by atoms with E-state index in [1.807, 2.05) is 39.4 Å². The van der Waals surface area contributed by atoms with Gasteiger partial charge in [0.05, 0.1) is 33.9 Å². The predicted octanol–water partition coefficient (Wildman–Crippen LogP) is 10.8. The van der Waals surface area contributed by atoms with Gasteiger partial charge >= 0.3 is 11.9 Å². The lowest BCUT2D eigenvalue weighted by molar-refractivity contribution is -0.870. The van der Waals surface area contributed by atoms with Crippen LogP contribution in [0.15, 0.2) is 60.8 Å². The summed E-state index contributed by atoms with van der Waals surface area (Å²) >= 11 is 0. The van der Waals surface area contributed by atoms with Gasteiger partial charge in [-0.2, -0.15) is 0 Å². The predicted molar refractivity (Wildman–Crippen MR) is 232 cm³/mol. The second kappa shape index (κ2) is 37.9. The fraction of sp³-hybridized carbons (Fsp3) is 0.739. The second-order valence-corrected chi connectivity index (χ2v) is 17.3. The molecule has 0 radical (unpaired) electrons. The first kappa shape index (κ1) is 54.7. The number of unbranched alkanes of at least 4 members (excludes halogenated alkanes) is 15. The molecule has 3 atom stereocenters. The molecule has 0 heterocycles. The highest BCUT2D eigenvalue weighted by Gasteiger charge is 2.21. The van der Waals surface area contributed by atoms with Crippen molar-refractivity contribution < 1.29 is 47.2 Å². The maximum Gasteiger partial charge on any atom is 0.306 e. The van der Waals surface area contributed by atoms with Crippen LogP contribution in [0.1, 0.15) is 162 Å². The van der Waals surface area contributed by atoms with Crippen molar-refractivity contribution in [3.63, 3.8) is 0 Å². The molecule has 0 rings (SSSR count). The van der Waals surface area contributed by atoms with E-state index >= 15 is 0 Å². The van der Waals surface area contributed by atoms with E-state index in [1.165, 1.54) is 64.2 Å². The largest absolute Gasteiger partial charge is 0.756 e. The third-order valence-corrected chi connectivity index (χ3v) is 10.1. The van der Waals surface area contributed by atoms with Crippen molar-refractivity contribution in [1.82, 2.24) is 0 Å². The fourth-order valence-electron chi connectivity index (χ4n) is 5.54. The first-order valence-electron chi connectivity index (χ1n) is 22.1. The van der Waals surface area contributed by atoms with Gasteiger partial charge in [-0.25, -0.2) is 0 Å². The first-order chi connectivity index (χ1) is 27.4. The molecule has 2 unspecified atom stereocenters. The molecular weight excluding hydrogens is 741 g/mol. The summed E-state index contributed by atoms with van der Waals surface area (Å²) in [6, 6.07) is 0. The molecule has 0 fully saturated rings. The van der Waals surface area contributed by atoms with Crippen LogP contribution in [0, 0.1) is 0 Å². The van der Waals surface area contributed by atoms with Crippen LogP contribution in [-0.4, -0.2) is 81.2 Å². The van der Waals surface area contributed by atoms with Gasteiger partial charge in [0.15, 0.2) is 6.10 Å². The number of carbonyl (C=O) groups excluding carboxylic acids is 2. The molecule has 57 heavy (non-hydrogen) atoms. The fourth-order valence-corrected chi connectivity index (χ4v) is 6.27. The number of aliphatic hydroxyl groups is 1. The highest BCUT2D eigenvalue weighted by molar-refractivity contribution is 7.45. The van der Waals surface area contributed by atoms with Gasteiger partial charge < -0.3 is 33.0 Å². The molecule has 0 spiro atoms. The van der Waals surface area contributed by atoms with Gasteiger partial charge in [-0.05, 0) is 70.6 Å². The molecule has 0 amide bonds. The van der Waals surface area contributed by atoms with Gasteiger partial charge in [-0.1, -0.05) is 139 Å². The van der Waals surface area contributed by atoms with Crippen LogP contribution in [0.3, 0.4) is 0 Å². The molecule has 0 aromatic carbocycles. The number of hydrogen-bond donors (Lipinski definition) is 1. The molecule has 0 saturated carbocycles. The first-order valence-corrected chi connectivity index (χ1v) is 23.6. The van der Waals surface area contributed by atoms with E-state index in [2.05, 4.69) is 44.2 Å². The Morgan fingerprint density at radius 1 is 0.649 bits per heavy atom. The van der Waals surface area contributed by atoms with Crippen LogP contribution >= 0.6 is 7.82 Å². The van der Waals surface area contributed by atoms with Crippen molar-refractivity contribution in [3.05, 3.63) is 60.8 Å². The average Bonchev–Trinajstić information content (AvgIpc) is 3.15. The van der Waals surface area contributed by atoms with Gasteiger partial charge in [0.1, 0.15) is 19.8 Å². The highest BCUT2D eigenvalue weighted by Crippen LogP contribution is 2.38. The lowest BCUT2D eigenvalue weighted by Crippen LogP contribution is -2.37. The number of phosphoric acid groups is 1. The molecule has 0 aliphatic rings. The zero-order valence-corrected chi connectivity index (χ0v) is 37.5. The third-order valence-electron chi connectivity index (χ3n) is 9.09. The van der Waals surface area contributed by atoms with Crippen LogP contribution in [0.4, 0.5) is 0 Å². The summed E-state index contributed by atoms with van der Waals surface area (Å²) in [4.78, 5) is 37.5. The molecule has 0 aliphatic carbocycles. The van der Waals surface area contributed by atoms with E-state index in [0.29, 0.717) is 36.7 Å². The maximum atomic E-state index is 12.7. The van der Waals surface area contributed by atoms with Gasteiger partial charge in [0, 0.05) is 12.8 Å². The summed E-state index contributed by atoms with van der Waals surface area (Å²) in [5.74, 6) is -0.978. The third kappa shape index (κ3) is 41.6. The number of nitrogens with zero attached hydrogens (tertiary/aromatic N) is 1. The summed E-state index contributed by atoms with van der Waals surface area (Å²) in [6.07, 6.45) is 41.3. The average molecular weight is 824 g/mol. The lowest BCUT2D eigenvalue weighted by Gasteiger charge is -2.28. The Morgan fingerprint density at radius 2 is 1.19 bits per heavy atom. The van der Waals surface area contributed by atoms with Crippen LogP contribution in [0.25, 0.3) is 0 Å². The number of ether oxygens (including phenoxy) is 2. The second-order valence-electron chi connectivity index (χ2n) is 15.9. The van der Waals surface area contributed by atoms with E-state index in [0.717, 1.165) is 44.9 Å². The van der Waals surface area contributed by atoms with E-state index in [-0.39, 0.29) is 26.1 Å². The van der Waals surface area contributed by atoms with Gasteiger partial charge in [-0.3, -0.25) is 14.2 Å². The number of allylic oxidation sites excluding steroid dienone is 8. The Kier molecular flexibility index (Phi) is 36.4. The van der Waals surface area contributed by atoms with Gasteiger partial charge in [0.2, 0.25) is 0 Å². The maximum absolute atomic E-state index is 12.7. The molecule has 11 heteroatoms. The zero-order chi connectivity index (χ0) is 42.3. The smallest absolute Gasteiger partial charge is 0.306 e. The van der Waals surface area contributed by atoms with Gasteiger partial charge in [0.25, 0.3) is 7.82 Å². The number of rotatable bonds is 39. The van der Waals surface area contributed by atoms with Crippen molar-refractivity contribution in [1.29, 1.82) is 0 Å². The molecule has 0 bridgehead atoms. The molecule has 1 N–H and O–H groups in total. The van der Waals surface area contributed by atoms with Crippen molar-refractivity contribution in [2.75, 3.05) is 47.5 Å². The number of quaternary nitrogens is 1. The topological polar surface area (TPSA) is 131 Å². The van der Waals surface area contributed by atoms with Crippen LogP contribution in [0.2, 0.25) is 0 Å². The van der Waals surface area contributed by atoms with Crippen molar-refractivity contribution in [2.45, 2.75) is 174 Å². The Morgan fingerprint density at radius 3 is 1.86 bits per heavy atom. The summed E-state index contributed by atoms with van der Waals surface area (Å²) in [5.41, 5.74) is 0. The van der Waals surface area contributed by atoms with Crippen molar-refractivity contribution in [2.24, 2.45) is 0 Å². The zero-order valence-electron chi connectivity index (χ0n) is 36.6. The molecule has 330 valence electrons. The number of hydrogen-bond acceptors (Lipinski definition) is 9. The minimum absolute atomic E-state index is 0.0600. The number of likely N-dealkylation sites (N-methyl/N-ethyl adjacent to an activating group) is 1. The Labute approximate surface area is 348 Å². The molecule has 0 aromatic heterocycles. The van der Waals surface area contributed by atoms with Gasteiger partial charge in [-0.15, -0.1) is 0 Å². The summed E-state index contributed by atoms with van der Waals surface area (Å²) in [6.45, 7) is 4.00. The standard InChI is InChI=1S/C46H82NO9P/c1-6-8-10-12-14-16-17-18-19-20-21-23-25-29-33-37-45(49)53-41-44(42-55-57(51,52)54-40-39-47(3,4)5)56-46(50)38-34-30-26-28-32-36-43(48)35-31-27-24-22-15-13-11-9-7-2/h15,18-19,22,26-28,31-32,36,43-44,48H,6-14,16-17,20-21,23-25,29-30,33-35,37-42H2,1-5H3/b19-18-,22-15-,28-26+,31-27-,36-32-/t43?,44-/m1/s1. The van der Waals surface area contributed by atoms with Crippen LogP contribution in [-0.2, 0) is 32.7 Å². The van der Waals surface area contributed by atoms with E-state index in [9.17, 15) is 24.2 Å². The summed E-state index contributed by atoms with van der Waals surface area (Å²) < 4.78 is 33.7. The summed E-state index contributed by atoms with van der Waals surface area (Å²) in [7, 11) is 1.07. The minimum Gasteiger partial charge on any atom is -0.756 e. The van der Waals surface area contributed by atoms with E-state index < -0.39 is 38.6 Å². The number of carbonyl (C=O) groups is 2. The molecule has 0 aliphatic heterocycles. The minimum atomic E-state index is -4.67. The quantitative estimate of drug-likeness (QED) is 0.0161.